The maximum Gasteiger partial charge on any atom is 0.311 e. The highest BCUT2D eigenvalue weighted by Gasteiger charge is 2.70. The van der Waals surface area contributed by atoms with Crippen molar-refractivity contribution in [2.24, 2.45) is 11.8 Å². The van der Waals surface area contributed by atoms with Crippen LogP contribution in [0.25, 0.3) is 10.8 Å². The number of nitrogens with zero attached hydrogens (tertiary/aromatic N) is 2. The first-order chi connectivity index (χ1) is 19.0. The normalized spacial score (nSPS) is 31.2. The number of benzene rings is 2. The van der Waals surface area contributed by atoms with E-state index < -0.39 is 22.6 Å². The molecular weight excluding hydrogens is 512 g/mol. The van der Waals surface area contributed by atoms with E-state index in [9.17, 15) is 19.5 Å². The number of esters is 1. The van der Waals surface area contributed by atoms with Crippen LogP contribution in [0.5, 0.6) is 0 Å². The fourth-order valence-corrected chi connectivity index (χ4v) is 8.64. The second-order valence-corrected chi connectivity index (χ2v) is 12.3. The minimum atomic E-state index is -0.853. The number of aliphatic hydroxyl groups excluding tert-OH is 1. The number of unbranched alkanes of at least 4 members (excludes halogenated alkanes) is 2. The van der Waals surface area contributed by atoms with Crippen LogP contribution < -0.4 is 4.90 Å². The van der Waals surface area contributed by atoms with Crippen LogP contribution in [0.3, 0.4) is 0 Å². The summed E-state index contributed by atoms with van der Waals surface area (Å²) in [4.78, 5) is 45.6. The second-order valence-electron chi connectivity index (χ2n) is 10.8. The average Bonchev–Trinajstić information content (AvgIpc) is 3.35. The van der Waals surface area contributed by atoms with Gasteiger partial charge in [0.15, 0.2) is 0 Å². The Labute approximate surface area is 232 Å². The van der Waals surface area contributed by atoms with Gasteiger partial charge in [-0.2, -0.15) is 0 Å². The van der Waals surface area contributed by atoms with Crippen molar-refractivity contribution in [3.8, 4) is 0 Å². The standard InChI is InChI=1S/C31H34N2O5S/c34-18-7-2-6-16-33-27-29(36)32(23-14-13-21-10-4-5-11-22(21)20-23)17-9-15-31(27)26(28(33)35)25-24(39-31)12-3-1-8-19-38-30(25)37/h3-5,9-15,20,24-27,34H,1-2,6-8,16-19H2/b12-3-/t24-,25+,26-,27?,31-/m0/s1. The van der Waals surface area contributed by atoms with E-state index in [1.807, 2.05) is 54.6 Å². The van der Waals surface area contributed by atoms with E-state index in [4.69, 9.17) is 4.74 Å². The van der Waals surface area contributed by atoms with Crippen molar-refractivity contribution in [3.63, 3.8) is 0 Å². The zero-order valence-corrected chi connectivity index (χ0v) is 22.7. The van der Waals surface area contributed by atoms with Gasteiger partial charge in [-0.15, -0.1) is 11.8 Å². The van der Waals surface area contributed by atoms with Crippen LogP contribution >= 0.6 is 11.8 Å². The molecule has 2 aromatic rings. The van der Waals surface area contributed by atoms with Gasteiger partial charge in [-0.1, -0.05) is 54.6 Å². The number of fused-ring (bicyclic) bond motifs is 3. The molecule has 1 unspecified atom stereocenters. The molecule has 2 fully saturated rings. The number of allylic oxidation sites excluding steroid dienone is 1. The fourth-order valence-electron chi connectivity index (χ4n) is 6.64. The molecule has 0 saturated carbocycles. The largest absolute Gasteiger partial charge is 0.465 e. The van der Waals surface area contributed by atoms with E-state index in [1.54, 1.807) is 21.6 Å². The van der Waals surface area contributed by atoms with Crippen molar-refractivity contribution in [2.45, 2.75) is 48.1 Å². The zero-order valence-electron chi connectivity index (χ0n) is 21.9. The fraction of sp³-hybridized carbons (Fsp3) is 0.452. The molecule has 39 heavy (non-hydrogen) atoms. The number of hydrogen-bond donors (Lipinski definition) is 1. The van der Waals surface area contributed by atoms with Gasteiger partial charge >= 0.3 is 5.97 Å². The van der Waals surface area contributed by atoms with E-state index >= 15 is 0 Å². The molecule has 1 N–H and O–H groups in total. The van der Waals surface area contributed by atoms with Crippen molar-refractivity contribution in [1.29, 1.82) is 0 Å². The number of amides is 2. The molecular formula is C31H34N2O5S. The number of aliphatic hydroxyl groups is 1. The lowest BCUT2D eigenvalue weighted by molar-refractivity contribution is -0.153. The Morgan fingerprint density at radius 3 is 2.69 bits per heavy atom. The molecule has 8 heteroatoms. The lowest BCUT2D eigenvalue weighted by Gasteiger charge is -2.35. The number of hydrogen-bond acceptors (Lipinski definition) is 6. The van der Waals surface area contributed by atoms with E-state index in [2.05, 4.69) is 12.2 Å². The van der Waals surface area contributed by atoms with Gasteiger partial charge < -0.3 is 19.6 Å². The minimum Gasteiger partial charge on any atom is -0.465 e. The van der Waals surface area contributed by atoms with Crippen LogP contribution in [-0.2, 0) is 19.1 Å². The van der Waals surface area contributed by atoms with Gasteiger partial charge in [-0.3, -0.25) is 14.4 Å². The highest BCUT2D eigenvalue weighted by atomic mass is 32.2. The Balaban J connectivity index is 1.41. The smallest absolute Gasteiger partial charge is 0.311 e. The number of ether oxygens (including phenoxy) is 1. The van der Waals surface area contributed by atoms with Gasteiger partial charge in [0, 0.05) is 30.6 Å². The molecule has 2 aromatic carbocycles. The van der Waals surface area contributed by atoms with Crippen LogP contribution in [0.2, 0.25) is 0 Å². The van der Waals surface area contributed by atoms with E-state index in [0.717, 1.165) is 35.7 Å². The number of cyclic esters (lactones) is 1. The quantitative estimate of drug-likeness (QED) is 0.334. The van der Waals surface area contributed by atoms with Crippen LogP contribution in [-0.4, -0.2) is 70.1 Å². The lowest BCUT2D eigenvalue weighted by Crippen LogP contribution is -2.53. The number of carbonyl (C=O) groups excluding carboxylic acids is 3. The van der Waals surface area contributed by atoms with Crippen LogP contribution in [0.15, 0.2) is 66.8 Å². The Hall–Kier alpha value is -3.10. The van der Waals surface area contributed by atoms with Crippen LogP contribution in [0.4, 0.5) is 5.69 Å². The first-order valence-corrected chi connectivity index (χ1v) is 14.8. The van der Waals surface area contributed by atoms with Crippen molar-refractivity contribution < 1.29 is 24.2 Å². The highest BCUT2D eigenvalue weighted by Crippen LogP contribution is 2.60. The van der Waals surface area contributed by atoms with Gasteiger partial charge in [0.2, 0.25) is 5.91 Å². The predicted octanol–water partition coefficient (Wildman–Crippen LogP) is 4.10. The molecule has 2 amide bonds. The molecule has 204 valence electrons. The lowest BCUT2D eigenvalue weighted by atomic mass is 9.78. The number of likely N-dealkylation sites (tertiary alicyclic amines) is 1. The van der Waals surface area contributed by atoms with Gasteiger partial charge in [0.05, 0.1) is 23.2 Å². The van der Waals surface area contributed by atoms with Crippen molar-refractivity contribution in [1.82, 2.24) is 4.90 Å². The van der Waals surface area contributed by atoms with Crippen LogP contribution in [0, 0.1) is 11.8 Å². The first-order valence-electron chi connectivity index (χ1n) is 14.0. The third kappa shape index (κ3) is 4.47. The number of anilines is 1. The van der Waals surface area contributed by atoms with Crippen LogP contribution in [0.1, 0.15) is 32.1 Å². The summed E-state index contributed by atoms with van der Waals surface area (Å²) in [7, 11) is 0. The molecule has 6 rings (SSSR count). The van der Waals surface area contributed by atoms with E-state index in [1.165, 1.54) is 0 Å². The van der Waals surface area contributed by atoms with Crippen molar-refractivity contribution in [3.05, 3.63) is 66.8 Å². The Bertz CT molecular complexity index is 1340. The molecule has 7 nitrogen and oxygen atoms in total. The summed E-state index contributed by atoms with van der Waals surface area (Å²) >= 11 is 1.58. The Morgan fingerprint density at radius 2 is 1.85 bits per heavy atom. The predicted molar refractivity (Wildman–Crippen MR) is 152 cm³/mol. The van der Waals surface area contributed by atoms with Crippen molar-refractivity contribution >= 4 is 46.0 Å². The van der Waals surface area contributed by atoms with Gasteiger partial charge in [0.1, 0.15) is 6.04 Å². The zero-order chi connectivity index (χ0) is 27.0. The summed E-state index contributed by atoms with van der Waals surface area (Å²) in [6, 6.07) is 13.3. The SMILES string of the molecule is O=C1OCCC/C=C\[C@@H]2S[C@]34C=CCN(c5ccc6ccccc6c5)C(=O)C3N(CCCCCO)C(=O)[C@@H]4[C@H]12. The minimum absolute atomic E-state index is 0.0964. The average molecular weight is 547 g/mol. The summed E-state index contributed by atoms with van der Waals surface area (Å²) in [5.74, 6) is -1.91. The Morgan fingerprint density at radius 1 is 1.00 bits per heavy atom. The molecule has 0 bridgehead atoms. The molecule has 4 aliphatic rings. The van der Waals surface area contributed by atoms with Crippen molar-refractivity contribution in [2.75, 3.05) is 31.2 Å². The van der Waals surface area contributed by atoms with Gasteiger partial charge in [-0.05, 0) is 55.0 Å². The monoisotopic (exact) mass is 546 g/mol. The topological polar surface area (TPSA) is 87.2 Å². The summed E-state index contributed by atoms with van der Waals surface area (Å²) in [5.41, 5.74) is 0.793. The van der Waals surface area contributed by atoms with E-state index in [-0.39, 0.29) is 29.6 Å². The molecule has 2 saturated heterocycles. The number of carbonyl (C=O) groups is 3. The summed E-state index contributed by atoms with van der Waals surface area (Å²) in [6.45, 7) is 1.24. The number of rotatable bonds is 6. The third-order valence-electron chi connectivity index (χ3n) is 8.45. The molecule has 0 radical (unpaired) electrons. The molecule has 4 heterocycles. The second kappa shape index (κ2) is 10.8. The Kier molecular flexibility index (Phi) is 7.25. The molecule has 1 spiro atoms. The maximum atomic E-state index is 14.5. The first kappa shape index (κ1) is 26.1. The summed E-state index contributed by atoms with van der Waals surface area (Å²) in [5, 5.41) is 11.2. The molecule has 4 aliphatic heterocycles. The highest BCUT2D eigenvalue weighted by molar-refractivity contribution is 8.02. The van der Waals surface area contributed by atoms with Gasteiger partial charge in [-0.25, -0.2) is 0 Å². The van der Waals surface area contributed by atoms with E-state index in [0.29, 0.717) is 32.5 Å². The maximum absolute atomic E-state index is 14.5. The molecule has 0 aliphatic carbocycles. The molecule has 5 atom stereocenters. The van der Waals surface area contributed by atoms with Gasteiger partial charge in [0.25, 0.3) is 5.91 Å². The summed E-state index contributed by atoms with van der Waals surface area (Å²) < 4.78 is 4.78. The molecule has 0 aromatic heterocycles. The summed E-state index contributed by atoms with van der Waals surface area (Å²) in [6.07, 6.45) is 11.8. The number of thioether (sulfide) groups is 1. The third-order valence-corrected chi connectivity index (χ3v) is 10.2.